The van der Waals surface area contributed by atoms with Crippen LogP contribution in [0.4, 0.5) is 0 Å². The number of thiazole rings is 3. The zero-order chi connectivity index (χ0) is 38.2. The van der Waals surface area contributed by atoms with Crippen LogP contribution in [0, 0.1) is 5.92 Å². The molecule has 0 radical (unpaired) electrons. The predicted octanol–water partition coefficient (Wildman–Crippen LogP) is 2.03. The minimum absolute atomic E-state index is 0.0754. The molecule has 0 fully saturated rings. The van der Waals surface area contributed by atoms with Gasteiger partial charge < -0.3 is 48.5 Å². The molecule has 0 aliphatic heterocycles. The molecule has 12 N–H and O–H groups in total. The van der Waals surface area contributed by atoms with E-state index in [2.05, 4.69) is 30.9 Å². The molecule has 284 valence electrons. The van der Waals surface area contributed by atoms with Gasteiger partial charge in [-0.05, 0) is 44.4 Å². The predicted molar refractivity (Wildman–Crippen MR) is 192 cm³/mol. The van der Waals surface area contributed by atoms with Gasteiger partial charge in [0.1, 0.15) is 15.0 Å². The van der Waals surface area contributed by atoms with Crippen LogP contribution in [0.2, 0.25) is 0 Å². The molecule has 18 nitrogen and oxygen atoms in total. The number of rotatable bonds is 24. The second kappa shape index (κ2) is 21.2. The molecule has 3 aromatic rings. The Labute approximate surface area is 310 Å². The lowest BCUT2D eigenvalue weighted by molar-refractivity contribution is -0.126. The van der Waals surface area contributed by atoms with Crippen LogP contribution in [-0.4, -0.2) is 85.5 Å². The minimum atomic E-state index is -1.14. The number of carbonyl (C=O) groups excluding carboxylic acids is 3. The SMILES string of the molecule is N[C@@H](CCCNC(=O)CC(CC(=O)NCCC[C@H](N)c1nc(C(=O)O)cs1)CC(=O)NCCC[C@H](N)c1nc(C(=O)O)cs1)c1nc(C(=O)O)cs1. The number of carboxylic acid groups (broad SMARTS) is 3. The van der Waals surface area contributed by atoms with Gasteiger partial charge in [-0.1, -0.05) is 0 Å². The van der Waals surface area contributed by atoms with Crippen molar-refractivity contribution in [2.75, 3.05) is 19.6 Å². The van der Waals surface area contributed by atoms with Crippen LogP contribution in [0.5, 0.6) is 0 Å². The number of nitrogens with zero attached hydrogens (tertiary/aromatic N) is 3. The standard InChI is InChI=1S/C31H43N9O9S3/c32-17(26-38-20(13-50-26)29(44)45)4-1-7-35-23(41)10-16(11-24(42)36-8-2-5-18(33)27-39-21(14-51-27)30(46)47)12-25(43)37-9-3-6-19(34)28-40-22(15-52-28)31(48)49/h13-19H,1-12,32-34H2,(H,35,41)(H,36,42)(H,37,43)(H,44,45)(H,46,47)(H,48,49)/t17-,18-,19-/m0/s1. The Balaban J connectivity index is 1.45. The van der Waals surface area contributed by atoms with Crippen molar-refractivity contribution in [3.8, 4) is 0 Å². The van der Waals surface area contributed by atoms with Gasteiger partial charge in [0.15, 0.2) is 17.1 Å². The first kappa shape index (κ1) is 42.0. The van der Waals surface area contributed by atoms with E-state index in [-0.39, 0.29) is 73.7 Å². The van der Waals surface area contributed by atoms with Crippen LogP contribution in [0.25, 0.3) is 0 Å². The summed E-state index contributed by atoms with van der Waals surface area (Å²) >= 11 is 3.46. The number of carbonyl (C=O) groups is 6. The Bertz CT molecular complexity index is 1490. The summed E-state index contributed by atoms with van der Waals surface area (Å²) in [6.07, 6.45) is 2.52. The fourth-order valence-corrected chi connectivity index (χ4v) is 7.40. The van der Waals surface area contributed by atoms with Crippen LogP contribution < -0.4 is 33.2 Å². The van der Waals surface area contributed by atoms with Gasteiger partial charge in [0.05, 0.1) is 18.1 Å². The first-order valence-electron chi connectivity index (χ1n) is 16.4. The second-order valence-corrected chi connectivity index (χ2v) is 14.6. The smallest absolute Gasteiger partial charge is 0.355 e. The molecule has 0 saturated carbocycles. The molecular formula is C31H43N9O9S3. The second-order valence-electron chi connectivity index (χ2n) is 11.9. The van der Waals surface area contributed by atoms with E-state index in [1.807, 2.05) is 0 Å². The van der Waals surface area contributed by atoms with Crippen molar-refractivity contribution in [3.63, 3.8) is 0 Å². The van der Waals surface area contributed by atoms with Crippen molar-refractivity contribution in [1.82, 2.24) is 30.9 Å². The van der Waals surface area contributed by atoms with Crippen LogP contribution >= 0.6 is 34.0 Å². The fraction of sp³-hybridized carbons (Fsp3) is 0.516. The van der Waals surface area contributed by atoms with Crippen molar-refractivity contribution < 1.29 is 44.1 Å². The number of hydrogen-bond donors (Lipinski definition) is 9. The van der Waals surface area contributed by atoms with Gasteiger partial charge in [0.2, 0.25) is 17.7 Å². The molecule has 3 atom stereocenters. The van der Waals surface area contributed by atoms with Gasteiger partial charge in [-0.15, -0.1) is 34.0 Å². The van der Waals surface area contributed by atoms with Gasteiger partial charge in [-0.3, -0.25) is 14.4 Å². The van der Waals surface area contributed by atoms with E-state index in [4.69, 9.17) is 32.5 Å². The molecule has 0 aliphatic rings. The van der Waals surface area contributed by atoms with Gasteiger partial charge in [-0.25, -0.2) is 29.3 Å². The molecule has 0 aliphatic carbocycles. The fourth-order valence-electron chi connectivity index (χ4n) is 4.91. The zero-order valence-electron chi connectivity index (χ0n) is 28.1. The highest BCUT2D eigenvalue weighted by atomic mass is 32.1. The Morgan fingerprint density at radius 3 is 1.04 bits per heavy atom. The monoisotopic (exact) mass is 781 g/mol. The van der Waals surface area contributed by atoms with Crippen molar-refractivity contribution in [2.24, 2.45) is 23.1 Å². The Kier molecular flexibility index (Phi) is 17.1. The molecule has 3 heterocycles. The van der Waals surface area contributed by atoms with Gasteiger partial charge in [0.25, 0.3) is 0 Å². The molecular weight excluding hydrogens is 739 g/mol. The van der Waals surface area contributed by atoms with E-state index in [1.54, 1.807) is 0 Å². The number of aromatic nitrogens is 3. The highest BCUT2D eigenvalue weighted by molar-refractivity contribution is 7.10. The maximum absolute atomic E-state index is 12.8. The summed E-state index contributed by atoms with van der Waals surface area (Å²) in [5.74, 6) is -5.10. The van der Waals surface area contributed by atoms with Crippen molar-refractivity contribution in [1.29, 1.82) is 0 Å². The number of hydrogen-bond acceptors (Lipinski definition) is 15. The first-order valence-corrected chi connectivity index (χ1v) is 19.0. The Hall–Kier alpha value is -4.41. The van der Waals surface area contributed by atoms with Crippen LogP contribution in [0.1, 0.15) is 122 Å². The normalized spacial score (nSPS) is 12.9. The van der Waals surface area contributed by atoms with Crippen molar-refractivity contribution in [2.45, 2.75) is 75.9 Å². The van der Waals surface area contributed by atoms with Crippen molar-refractivity contribution >= 4 is 69.6 Å². The maximum Gasteiger partial charge on any atom is 0.355 e. The molecule has 0 saturated heterocycles. The third-order valence-electron chi connectivity index (χ3n) is 7.64. The summed E-state index contributed by atoms with van der Waals surface area (Å²) < 4.78 is 0. The topological polar surface area (TPSA) is 316 Å². The molecule has 52 heavy (non-hydrogen) atoms. The van der Waals surface area contributed by atoms with Gasteiger partial charge >= 0.3 is 17.9 Å². The number of amides is 3. The summed E-state index contributed by atoms with van der Waals surface area (Å²) in [6.45, 7) is 0.820. The summed E-state index contributed by atoms with van der Waals surface area (Å²) in [5.41, 5.74) is 18.1. The lowest BCUT2D eigenvalue weighted by Gasteiger charge is -2.17. The van der Waals surface area contributed by atoms with E-state index in [9.17, 15) is 28.8 Å². The number of carboxylic acids is 3. The van der Waals surface area contributed by atoms with E-state index in [0.29, 0.717) is 53.5 Å². The molecule has 21 heteroatoms. The molecule has 3 aromatic heterocycles. The molecule has 0 bridgehead atoms. The molecule has 3 amide bonds. The van der Waals surface area contributed by atoms with Crippen LogP contribution in [-0.2, 0) is 14.4 Å². The molecule has 0 unspecified atom stereocenters. The van der Waals surface area contributed by atoms with Gasteiger partial charge in [0, 0.05) is 55.0 Å². The van der Waals surface area contributed by atoms with E-state index in [0.717, 1.165) is 34.0 Å². The average molecular weight is 782 g/mol. The number of aromatic carboxylic acids is 3. The third kappa shape index (κ3) is 14.3. The number of nitrogens with one attached hydrogen (secondary N) is 3. The highest BCUT2D eigenvalue weighted by Gasteiger charge is 2.22. The average Bonchev–Trinajstić information content (AvgIpc) is 3.88. The first-order chi connectivity index (χ1) is 24.7. The maximum atomic E-state index is 12.8. The lowest BCUT2D eigenvalue weighted by Crippen LogP contribution is -2.34. The summed E-state index contributed by atoms with van der Waals surface area (Å²) in [6, 6.07) is -1.48. The summed E-state index contributed by atoms with van der Waals surface area (Å²) in [7, 11) is 0. The summed E-state index contributed by atoms with van der Waals surface area (Å²) in [5, 5.41) is 41.2. The minimum Gasteiger partial charge on any atom is -0.476 e. The van der Waals surface area contributed by atoms with Crippen LogP contribution in [0.15, 0.2) is 16.1 Å². The highest BCUT2D eigenvalue weighted by Crippen LogP contribution is 2.23. The lowest BCUT2D eigenvalue weighted by atomic mass is 9.95. The Morgan fingerprint density at radius 2 is 0.808 bits per heavy atom. The largest absolute Gasteiger partial charge is 0.476 e. The molecule has 0 spiro atoms. The number of nitrogens with two attached hydrogens (primary N) is 3. The van der Waals surface area contributed by atoms with E-state index < -0.39 is 42.0 Å². The zero-order valence-corrected chi connectivity index (χ0v) is 30.6. The third-order valence-corrected chi connectivity index (χ3v) is 10.6. The van der Waals surface area contributed by atoms with E-state index >= 15 is 0 Å². The van der Waals surface area contributed by atoms with Gasteiger partial charge in [-0.2, -0.15) is 0 Å². The quantitative estimate of drug-likeness (QED) is 0.0587. The Morgan fingerprint density at radius 1 is 0.538 bits per heavy atom. The van der Waals surface area contributed by atoms with Crippen molar-refractivity contribution in [3.05, 3.63) is 48.2 Å². The van der Waals surface area contributed by atoms with Crippen LogP contribution in [0.3, 0.4) is 0 Å². The molecule has 0 aromatic carbocycles. The summed E-state index contributed by atoms with van der Waals surface area (Å²) in [4.78, 5) is 83.8. The molecule has 3 rings (SSSR count). The van der Waals surface area contributed by atoms with E-state index in [1.165, 1.54) is 16.1 Å².